The summed E-state index contributed by atoms with van der Waals surface area (Å²) in [5.74, 6) is -1.15. The van der Waals surface area contributed by atoms with E-state index in [4.69, 9.17) is 5.11 Å². The first kappa shape index (κ1) is 16.2. The molecule has 6 heteroatoms. The van der Waals surface area contributed by atoms with Crippen LogP contribution >= 0.6 is 31.9 Å². The molecule has 1 rings (SSSR count). The molecule has 0 spiro atoms. The molecule has 0 fully saturated rings. The zero-order valence-electron chi connectivity index (χ0n) is 10.6. The Morgan fingerprint density at radius 1 is 1.21 bits per heavy atom. The fraction of sp³-hybridized carbons (Fsp3) is 0.385. The van der Waals surface area contributed by atoms with Gasteiger partial charge in [-0.05, 0) is 24.1 Å². The van der Waals surface area contributed by atoms with Crippen molar-refractivity contribution < 1.29 is 14.7 Å². The molecular formula is C13H15Br2NO3. The fourth-order valence-electron chi connectivity index (χ4n) is 1.58. The maximum Gasteiger partial charge on any atom is 0.305 e. The third-order valence-electron chi connectivity index (χ3n) is 2.64. The highest BCUT2D eigenvalue weighted by Crippen LogP contribution is 2.20. The molecule has 0 heterocycles. The predicted molar refractivity (Wildman–Crippen MR) is 80.2 cm³/mol. The lowest BCUT2D eigenvalue weighted by atomic mass is 10.0. The Morgan fingerprint density at radius 2 is 1.74 bits per heavy atom. The average Bonchev–Trinajstić information content (AvgIpc) is 2.25. The van der Waals surface area contributed by atoms with Crippen molar-refractivity contribution in [2.45, 2.75) is 26.3 Å². The van der Waals surface area contributed by atoms with Crippen LogP contribution in [0.3, 0.4) is 0 Å². The highest BCUT2D eigenvalue weighted by molar-refractivity contribution is 9.11. The van der Waals surface area contributed by atoms with Crippen molar-refractivity contribution in [1.29, 1.82) is 0 Å². The van der Waals surface area contributed by atoms with Crippen molar-refractivity contribution in [3.8, 4) is 0 Å². The topological polar surface area (TPSA) is 66.4 Å². The van der Waals surface area contributed by atoms with Gasteiger partial charge in [-0.25, -0.2) is 0 Å². The highest BCUT2D eigenvalue weighted by Gasteiger charge is 2.20. The predicted octanol–water partition coefficient (Wildman–Crippen LogP) is 3.44. The zero-order chi connectivity index (χ0) is 14.6. The fourth-order valence-corrected chi connectivity index (χ4v) is 2.87. The second-order valence-electron chi connectivity index (χ2n) is 4.58. The first-order valence-electron chi connectivity index (χ1n) is 5.78. The SMILES string of the molecule is CC(C)C(CC(=O)O)NC(=O)c1cc(Br)cc(Br)c1. The number of amides is 1. The Kier molecular flexibility index (Phi) is 6.00. The van der Waals surface area contributed by atoms with Gasteiger partial charge < -0.3 is 10.4 Å². The number of aliphatic carboxylic acids is 1. The third-order valence-corrected chi connectivity index (χ3v) is 3.56. The van der Waals surface area contributed by atoms with Gasteiger partial charge in [0, 0.05) is 20.6 Å². The number of rotatable bonds is 5. The number of benzene rings is 1. The molecule has 104 valence electrons. The second-order valence-corrected chi connectivity index (χ2v) is 6.41. The van der Waals surface area contributed by atoms with Crippen molar-refractivity contribution >= 4 is 43.7 Å². The van der Waals surface area contributed by atoms with Gasteiger partial charge in [-0.1, -0.05) is 45.7 Å². The minimum atomic E-state index is -0.922. The van der Waals surface area contributed by atoms with Crippen LogP contribution in [0, 0.1) is 5.92 Å². The number of carboxylic acid groups (broad SMARTS) is 1. The molecule has 1 unspecified atom stereocenters. The summed E-state index contributed by atoms with van der Waals surface area (Å²) in [6.07, 6.45) is -0.0847. The Bertz CT molecular complexity index is 469. The first-order chi connectivity index (χ1) is 8.79. The summed E-state index contributed by atoms with van der Waals surface area (Å²) in [7, 11) is 0. The van der Waals surface area contributed by atoms with Crippen LogP contribution in [-0.4, -0.2) is 23.0 Å². The molecule has 1 aromatic rings. The van der Waals surface area contributed by atoms with Crippen LogP contribution in [0.2, 0.25) is 0 Å². The van der Waals surface area contributed by atoms with Crippen LogP contribution in [0.1, 0.15) is 30.6 Å². The van der Waals surface area contributed by atoms with Crippen LogP contribution in [0.5, 0.6) is 0 Å². The van der Waals surface area contributed by atoms with E-state index in [1.54, 1.807) is 12.1 Å². The normalized spacial score (nSPS) is 12.3. The summed E-state index contributed by atoms with van der Waals surface area (Å²) in [6.45, 7) is 3.76. The molecule has 0 radical (unpaired) electrons. The van der Waals surface area contributed by atoms with E-state index in [9.17, 15) is 9.59 Å². The molecule has 0 aromatic heterocycles. The van der Waals surface area contributed by atoms with E-state index < -0.39 is 5.97 Å². The Labute approximate surface area is 128 Å². The standard InChI is InChI=1S/C13H15Br2NO3/c1-7(2)11(6-12(17)18)16-13(19)8-3-9(14)5-10(15)4-8/h3-5,7,11H,6H2,1-2H3,(H,16,19)(H,17,18). The Morgan fingerprint density at radius 3 is 2.16 bits per heavy atom. The van der Waals surface area contributed by atoms with Gasteiger partial charge in [0.1, 0.15) is 0 Å². The smallest absolute Gasteiger partial charge is 0.305 e. The molecule has 1 atom stereocenters. The van der Waals surface area contributed by atoms with Crippen molar-refractivity contribution in [3.05, 3.63) is 32.7 Å². The molecule has 0 aliphatic carbocycles. The van der Waals surface area contributed by atoms with E-state index in [2.05, 4.69) is 37.2 Å². The van der Waals surface area contributed by atoms with Crippen LogP contribution in [0.25, 0.3) is 0 Å². The van der Waals surface area contributed by atoms with Gasteiger partial charge in [0.15, 0.2) is 0 Å². The van der Waals surface area contributed by atoms with Gasteiger partial charge in [0.05, 0.1) is 6.42 Å². The van der Waals surface area contributed by atoms with Crippen LogP contribution in [-0.2, 0) is 4.79 Å². The molecule has 0 bridgehead atoms. The van der Waals surface area contributed by atoms with Gasteiger partial charge in [-0.2, -0.15) is 0 Å². The Hall–Kier alpha value is -0.880. The monoisotopic (exact) mass is 391 g/mol. The Balaban J connectivity index is 2.84. The van der Waals surface area contributed by atoms with Gasteiger partial charge >= 0.3 is 5.97 Å². The number of hydrogen-bond acceptors (Lipinski definition) is 2. The summed E-state index contributed by atoms with van der Waals surface area (Å²) in [5, 5.41) is 11.6. The molecule has 1 aromatic carbocycles. The molecule has 0 aliphatic heterocycles. The number of hydrogen-bond donors (Lipinski definition) is 2. The van der Waals surface area contributed by atoms with Gasteiger partial charge in [0.2, 0.25) is 0 Å². The number of carbonyl (C=O) groups is 2. The second kappa shape index (κ2) is 7.05. The highest BCUT2D eigenvalue weighted by atomic mass is 79.9. The molecule has 0 saturated heterocycles. The minimum absolute atomic E-state index is 0.0515. The molecule has 0 aliphatic rings. The molecule has 4 nitrogen and oxygen atoms in total. The minimum Gasteiger partial charge on any atom is -0.481 e. The van der Waals surface area contributed by atoms with Crippen molar-refractivity contribution in [1.82, 2.24) is 5.32 Å². The first-order valence-corrected chi connectivity index (χ1v) is 7.37. The maximum absolute atomic E-state index is 12.1. The molecular weight excluding hydrogens is 378 g/mol. The van der Waals surface area contributed by atoms with Crippen LogP contribution in [0.4, 0.5) is 0 Å². The van der Waals surface area contributed by atoms with E-state index in [1.807, 2.05) is 19.9 Å². The number of carbonyl (C=O) groups excluding carboxylic acids is 1. The summed E-state index contributed by atoms with van der Waals surface area (Å²) in [6, 6.07) is 4.83. The molecule has 19 heavy (non-hydrogen) atoms. The summed E-state index contributed by atoms with van der Waals surface area (Å²) >= 11 is 6.63. The van der Waals surface area contributed by atoms with E-state index in [0.717, 1.165) is 8.95 Å². The van der Waals surface area contributed by atoms with Crippen molar-refractivity contribution in [3.63, 3.8) is 0 Å². The number of halogens is 2. The van der Waals surface area contributed by atoms with Crippen LogP contribution < -0.4 is 5.32 Å². The number of nitrogens with one attached hydrogen (secondary N) is 1. The van der Waals surface area contributed by atoms with Crippen LogP contribution in [0.15, 0.2) is 27.1 Å². The van der Waals surface area contributed by atoms with Crippen molar-refractivity contribution in [2.75, 3.05) is 0 Å². The van der Waals surface area contributed by atoms with Crippen molar-refractivity contribution in [2.24, 2.45) is 5.92 Å². The zero-order valence-corrected chi connectivity index (χ0v) is 13.8. The quantitative estimate of drug-likeness (QED) is 0.806. The lowest BCUT2D eigenvalue weighted by molar-refractivity contribution is -0.137. The third kappa shape index (κ3) is 5.32. The van der Waals surface area contributed by atoms with Gasteiger partial charge in [0.25, 0.3) is 5.91 Å². The summed E-state index contributed by atoms with van der Waals surface area (Å²) in [4.78, 5) is 22.9. The average molecular weight is 393 g/mol. The van der Waals surface area contributed by atoms with E-state index in [1.165, 1.54) is 0 Å². The van der Waals surface area contributed by atoms with Gasteiger partial charge in [-0.3, -0.25) is 9.59 Å². The number of carboxylic acids is 1. The summed E-state index contributed by atoms with van der Waals surface area (Å²) < 4.78 is 1.57. The summed E-state index contributed by atoms with van der Waals surface area (Å²) in [5.41, 5.74) is 0.484. The largest absolute Gasteiger partial charge is 0.481 e. The van der Waals surface area contributed by atoms with E-state index >= 15 is 0 Å². The molecule has 2 N–H and O–H groups in total. The lowest BCUT2D eigenvalue weighted by Crippen LogP contribution is -2.40. The van der Waals surface area contributed by atoms with Gasteiger partial charge in [-0.15, -0.1) is 0 Å². The maximum atomic E-state index is 12.1. The van der Waals surface area contributed by atoms with E-state index in [-0.39, 0.29) is 24.3 Å². The lowest BCUT2D eigenvalue weighted by Gasteiger charge is -2.20. The van der Waals surface area contributed by atoms with E-state index in [0.29, 0.717) is 5.56 Å². The molecule has 1 amide bonds. The molecule has 0 saturated carbocycles.